The van der Waals surface area contributed by atoms with Crippen LogP contribution in [0.5, 0.6) is 0 Å². The first-order valence-electron chi connectivity index (χ1n) is 7.73. The Morgan fingerprint density at radius 1 is 1.09 bits per heavy atom. The summed E-state index contributed by atoms with van der Waals surface area (Å²) in [4.78, 5) is 26.9. The van der Waals surface area contributed by atoms with Gasteiger partial charge in [0.15, 0.2) is 0 Å². The van der Waals surface area contributed by atoms with E-state index < -0.39 is 5.97 Å². The number of carbonyl (C=O) groups excluding carboxylic acids is 1. The summed E-state index contributed by atoms with van der Waals surface area (Å²) in [6, 6.07) is 8.84. The topological polar surface area (TPSA) is 60.9 Å². The molecular formula is C17H24N2O3. The lowest BCUT2D eigenvalue weighted by Crippen LogP contribution is -2.58. The van der Waals surface area contributed by atoms with Crippen molar-refractivity contribution in [2.75, 3.05) is 18.0 Å². The minimum absolute atomic E-state index is 0.0651. The number of benzene rings is 1. The van der Waals surface area contributed by atoms with E-state index >= 15 is 0 Å². The van der Waals surface area contributed by atoms with E-state index in [2.05, 4.69) is 49.9 Å². The molecule has 120 valence electrons. The average molecular weight is 304 g/mol. The van der Waals surface area contributed by atoms with Crippen LogP contribution in [0.15, 0.2) is 24.3 Å². The van der Waals surface area contributed by atoms with Crippen molar-refractivity contribution in [2.45, 2.75) is 45.7 Å². The van der Waals surface area contributed by atoms with Crippen LogP contribution in [0.25, 0.3) is 0 Å². The Kier molecular flexibility index (Phi) is 5.06. The second kappa shape index (κ2) is 6.81. The number of hydrogen-bond donors (Lipinski definition) is 1. The Morgan fingerprint density at radius 3 is 2.14 bits per heavy atom. The van der Waals surface area contributed by atoms with Gasteiger partial charge in [0.05, 0.1) is 6.42 Å². The summed E-state index contributed by atoms with van der Waals surface area (Å²) in [5.41, 5.74) is 2.40. The minimum Gasteiger partial charge on any atom is -0.481 e. The van der Waals surface area contributed by atoms with Crippen LogP contribution in [-0.2, 0) is 9.59 Å². The molecule has 1 aliphatic rings. The number of nitrogens with zero attached hydrogens (tertiary/aromatic N) is 2. The van der Waals surface area contributed by atoms with Crippen LogP contribution in [-0.4, -0.2) is 47.1 Å². The second-order valence-electron chi connectivity index (χ2n) is 6.13. The molecule has 0 spiro atoms. The molecule has 1 saturated heterocycles. The molecule has 5 nitrogen and oxygen atoms in total. The highest BCUT2D eigenvalue weighted by Crippen LogP contribution is 2.25. The molecule has 0 saturated carbocycles. The van der Waals surface area contributed by atoms with Gasteiger partial charge in [-0.3, -0.25) is 9.59 Å². The molecule has 1 fully saturated rings. The molecule has 1 aliphatic heterocycles. The maximum Gasteiger partial charge on any atom is 0.303 e. The number of amides is 1. The van der Waals surface area contributed by atoms with E-state index in [9.17, 15) is 9.59 Å². The molecule has 22 heavy (non-hydrogen) atoms. The largest absolute Gasteiger partial charge is 0.481 e. The van der Waals surface area contributed by atoms with Crippen LogP contribution in [0.1, 0.15) is 32.3 Å². The summed E-state index contributed by atoms with van der Waals surface area (Å²) in [7, 11) is 0. The van der Waals surface area contributed by atoms with Crippen molar-refractivity contribution in [3.63, 3.8) is 0 Å². The standard InChI is InChI=1S/C17H24N2O3/c1-12-4-6-15(7-5-12)19-13(2)10-18(11-14(19)3)16(20)8-9-17(21)22/h4-7,13-14H,8-11H2,1-3H3,(H,21,22). The lowest BCUT2D eigenvalue weighted by molar-refractivity contribution is -0.141. The van der Waals surface area contributed by atoms with Crippen molar-refractivity contribution in [1.82, 2.24) is 4.90 Å². The van der Waals surface area contributed by atoms with E-state index in [-0.39, 0.29) is 30.8 Å². The molecule has 2 rings (SSSR count). The molecule has 1 N–H and O–H groups in total. The summed E-state index contributed by atoms with van der Waals surface area (Å²) in [5, 5.41) is 8.70. The zero-order chi connectivity index (χ0) is 16.3. The Bertz CT molecular complexity index is 529. The molecule has 2 atom stereocenters. The van der Waals surface area contributed by atoms with Crippen molar-refractivity contribution >= 4 is 17.6 Å². The van der Waals surface area contributed by atoms with Crippen LogP contribution in [0, 0.1) is 6.92 Å². The van der Waals surface area contributed by atoms with Gasteiger partial charge >= 0.3 is 5.97 Å². The number of piperazine rings is 1. The Balaban J connectivity index is 2.04. The van der Waals surface area contributed by atoms with Gasteiger partial charge in [-0.15, -0.1) is 0 Å². The normalized spacial score (nSPS) is 21.8. The molecule has 1 heterocycles. The first kappa shape index (κ1) is 16.3. The smallest absolute Gasteiger partial charge is 0.303 e. The van der Waals surface area contributed by atoms with E-state index in [0.717, 1.165) is 0 Å². The fraction of sp³-hybridized carbons (Fsp3) is 0.529. The Labute approximate surface area is 131 Å². The SMILES string of the molecule is Cc1ccc(N2C(C)CN(C(=O)CCC(=O)O)CC2C)cc1. The number of carboxylic acids is 1. The van der Waals surface area contributed by atoms with Gasteiger partial charge < -0.3 is 14.9 Å². The maximum absolute atomic E-state index is 12.1. The highest BCUT2D eigenvalue weighted by molar-refractivity contribution is 5.81. The lowest BCUT2D eigenvalue weighted by Gasteiger charge is -2.46. The maximum atomic E-state index is 12.1. The van der Waals surface area contributed by atoms with Gasteiger partial charge in [0.1, 0.15) is 0 Å². The molecular weight excluding hydrogens is 280 g/mol. The third kappa shape index (κ3) is 3.78. The van der Waals surface area contributed by atoms with Crippen LogP contribution < -0.4 is 4.90 Å². The number of rotatable bonds is 4. The highest BCUT2D eigenvalue weighted by Gasteiger charge is 2.31. The molecule has 0 aliphatic carbocycles. The van der Waals surface area contributed by atoms with Gasteiger partial charge in [-0.25, -0.2) is 0 Å². The summed E-state index contributed by atoms with van der Waals surface area (Å²) >= 11 is 0. The van der Waals surface area contributed by atoms with Crippen molar-refractivity contribution in [3.05, 3.63) is 29.8 Å². The number of hydrogen-bond acceptors (Lipinski definition) is 3. The van der Waals surface area contributed by atoms with Gasteiger partial charge in [0.2, 0.25) is 5.91 Å². The fourth-order valence-corrected chi connectivity index (χ4v) is 3.12. The van der Waals surface area contributed by atoms with Gasteiger partial charge in [0.25, 0.3) is 0 Å². The number of aryl methyl sites for hydroxylation is 1. The zero-order valence-corrected chi connectivity index (χ0v) is 13.5. The minimum atomic E-state index is -0.923. The number of aliphatic carboxylic acids is 1. The number of anilines is 1. The van der Waals surface area contributed by atoms with Crippen LogP contribution in [0.3, 0.4) is 0 Å². The van der Waals surface area contributed by atoms with E-state index in [1.54, 1.807) is 4.90 Å². The average Bonchev–Trinajstić information content (AvgIpc) is 2.45. The molecule has 1 aromatic rings. The summed E-state index contributed by atoms with van der Waals surface area (Å²) in [6.45, 7) is 7.54. The summed E-state index contributed by atoms with van der Waals surface area (Å²) in [6.07, 6.45) is -0.0148. The lowest BCUT2D eigenvalue weighted by atomic mass is 10.0. The molecule has 2 unspecified atom stereocenters. The van der Waals surface area contributed by atoms with E-state index in [4.69, 9.17) is 5.11 Å². The predicted octanol–water partition coefficient (Wildman–Crippen LogP) is 2.29. The number of carboxylic acid groups (broad SMARTS) is 1. The summed E-state index contributed by atoms with van der Waals surface area (Å²) in [5.74, 6) is -0.989. The van der Waals surface area contributed by atoms with E-state index in [1.807, 2.05) is 0 Å². The summed E-state index contributed by atoms with van der Waals surface area (Å²) < 4.78 is 0. The van der Waals surface area contributed by atoms with E-state index in [1.165, 1.54) is 11.3 Å². The predicted molar refractivity (Wildman–Crippen MR) is 86.0 cm³/mol. The molecule has 0 bridgehead atoms. The van der Waals surface area contributed by atoms with Gasteiger partial charge in [-0.2, -0.15) is 0 Å². The monoisotopic (exact) mass is 304 g/mol. The number of carbonyl (C=O) groups is 2. The van der Waals surface area contributed by atoms with Crippen molar-refractivity contribution in [1.29, 1.82) is 0 Å². The fourth-order valence-electron chi connectivity index (χ4n) is 3.12. The van der Waals surface area contributed by atoms with E-state index in [0.29, 0.717) is 13.1 Å². The third-order valence-electron chi connectivity index (χ3n) is 4.16. The first-order valence-corrected chi connectivity index (χ1v) is 7.73. The van der Waals surface area contributed by atoms with Gasteiger partial charge in [-0.05, 0) is 32.9 Å². The quantitative estimate of drug-likeness (QED) is 0.927. The van der Waals surface area contributed by atoms with Crippen LogP contribution in [0.2, 0.25) is 0 Å². The Hall–Kier alpha value is -2.04. The first-order chi connectivity index (χ1) is 10.4. The molecule has 5 heteroatoms. The van der Waals surface area contributed by atoms with Gasteiger partial charge in [0, 0.05) is 37.3 Å². The molecule has 0 radical (unpaired) electrons. The zero-order valence-electron chi connectivity index (χ0n) is 13.5. The second-order valence-corrected chi connectivity index (χ2v) is 6.13. The van der Waals surface area contributed by atoms with Crippen molar-refractivity contribution < 1.29 is 14.7 Å². The Morgan fingerprint density at radius 2 is 1.64 bits per heavy atom. The highest BCUT2D eigenvalue weighted by atomic mass is 16.4. The van der Waals surface area contributed by atoms with Crippen LogP contribution >= 0.6 is 0 Å². The third-order valence-corrected chi connectivity index (χ3v) is 4.16. The van der Waals surface area contributed by atoms with Crippen LogP contribution in [0.4, 0.5) is 5.69 Å². The molecule has 0 aromatic heterocycles. The molecule has 1 aromatic carbocycles. The van der Waals surface area contributed by atoms with Crippen molar-refractivity contribution in [3.8, 4) is 0 Å². The van der Waals surface area contributed by atoms with Crippen molar-refractivity contribution in [2.24, 2.45) is 0 Å². The van der Waals surface area contributed by atoms with Gasteiger partial charge in [-0.1, -0.05) is 17.7 Å². The molecule has 1 amide bonds.